The van der Waals surface area contributed by atoms with Crippen LogP contribution in [-0.4, -0.2) is 17.4 Å². The van der Waals surface area contributed by atoms with Crippen LogP contribution in [0.1, 0.15) is 30.3 Å². The number of halogens is 2. The van der Waals surface area contributed by atoms with Crippen molar-refractivity contribution in [2.75, 3.05) is 11.9 Å². The molecule has 2 N–H and O–H groups in total. The first-order chi connectivity index (χ1) is 10.6. The van der Waals surface area contributed by atoms with Crippen LogP contribution in [0.5, 0.6) is 0 Å². The summed E-state index contributed by atoms with van der Waals surface area (Å²) in [6.45, 7) is 2.72. The predicted octanol–water partition coefficient (Wildman–Crippen LogP) is 4.66. The van der Waals surface area contributed by atoms with Crippen LogP contribution in [0.2, 0.25) is 10.0 Å². The van der Waals surface area contributed by atoms with Crippen molar-refractivity contribution in [3.8, 4) is 0 Å². The molecule has 6 heteroatoms. The number of hydrogen-bond acceptors (Lipinski definition) is 3. The Morgan fingerprint density at radius 1 is 1.23 bits per heavy atom. The van der Waals surface area contributed by atoms with E-state index in [1.807, 2.05) is 0 Å². The molecule has 0 aliphatic heterocycles. The maximum Gasteiger partial charge on any atom is 0.269 e. The van der Waals surface area contributed by atoms with Crippen LogP contribution in [0.3, 0.4) is 0 Å². The molecule has 2 aromatic rings. The van der Waals surface area contributed by atoms with E-state index in [1.165, 1.54) is 0 Å². The molecule has 0 spiro atoms. The maximum absolute atomic E-state index is 12.0. The molecule has 0 saturated heterocycles. The van der Waals surface area contributed by atoms with Gasteiger partial charge in [-0.1, -0.05) is 42.6 Å². The summed E-state index contributed by atoms with van der Waals surface area (Å²) in [5.74, 6) is -0.192. The lowest BCUT2D eigenvalue weighted by molar-refractivity contribution is 0.0948. The van der Waals surface area contributed by atoms with Crippen molar-refractivity contribution in [1.82, 2.24) is 10.3 Å². The first-order valence-electron chi connectivity index (χ1n) is 7.07. The number of nitrogens with zero attached hydrogens (tertiary/aromatic N) is 1. The number of aromatic nitrogens is 1. The fraction of sp³-hybridized carbons (Fsp3) is 0.250. The summed E-state index contributed by atoms with van der Waals surface area (Å²) in [6, 6.07) is 8.68. The predicted molar refractivity (Wildman–Crippen MR) is 91.2 cm³/mol. The molecule has 1 aromatic carbocycles. The number of anilines is 2. The number of unbranched alkanes of at least 4 members (excludes halogenated alkanes) is 1. The van der Waals surface area contributed by atoms with Crippen LogP contribution < -0.4 is 10.6 Å². The van der Waals surface area contributed by atoms with Crippen LogP contribution >= 0.6 is 23.2 Å². The average molecular weight is 338 g/mol. The van der Waals surface area contributed by atoms with Gasteiger partial charge in [-0.2, -0.15) is 0 Å². The average Bonchev–Trinajstić information content (AvgIpc) is 2.51. The van der Waals surface area contributed by atoms with E-state index >= 15 is 0 Å². The third kappa shape index (κ3) is 4.36. The molecule has 0 unspecified atom stereocenters. The van der Waals surface area contributed by atoms with E-state index in [1.54, 1.807) is 36.5 Å². The summed E-state index contributed by atoms with van der Waals surface area (Å²) in [4.78, 5) is 16.1. The van der Waals surface area contributed by atoms with Gasteiger partial charge in [0.05, 0.1) is 15.7 Å². The van der Waals surface area contributed by atoms with Crippen LogP contribution in [-0.2, 0) is 0 Å². The van der Waals surface area contributed by atoms with Gasteiger partial charge < -0.3 is 10.6 Å². The summed E-state index contributed by atoms with van der Waals surface area (Å²) < 4.78 is 0. The summed E-state index contributed by atoms with van der Waals surface area (Å²) >= 11 is 12.2. The molecule has 0 aliphatic rings. The number of benzene rings is 1. The molecule has 1 amide bonds. The summed E-state index contributed by atoms with van der Waals surface area (Å²) in [5.41, 5.74) is 1.66. The SMILES string of the molecule is CCCCNC(=O)c1cc(Nc2c(Cl)cccc2Cl)ccn1. The van der Waals surface area contributed by atoms with Gasteiger partial charge in [-0.25, -0.2) is 0 Å². The summed E-state index contributed by atoms with van der Waals surface area (Å²) in [5, 5.41) is 6.98. The molecular formula is C16H17Cl2N3O. The van der Waals surface area contributed by atoms with Crippen molar-refractivity contribution in [3.63, 3.8) is 0 Å². The second-order valence-electron chi connectivity index (χ2n) is 4.76. The molecule has 0 saturated carbocycles. The first kappa shape index (κ1) is 16.6. The van der Waals surface area contributed by atoms with Gasteiger partial charge in [-0.15, -0.1) is 0 Å². The highest BCUT2D eigenvalue weighted by Crippen LogP contribution is 2.32. The van der Waals surface area contributed by atoms with Crippen molar-refractivity contribution in [3.05, 3.63) is 52.3 Å². The van der Waals surface area contributed by atoms with Gasteiger partial charge in [0.2, 0.25) is 0 Å². The number of pyridine rings is 1. The molecule has 1 aromatic heterocycles. The molecule has 0 aliphatic carbocycles. The molecule has 1 heterocycles. The third-order valence-corrected chi connectivity index (χ3v) is 3.67. The molecule has 2 rings (SSSR count). The zero-order valence-electron chi connectivity index (χ0n) is 12.2. The summed E-state index contributed by atoms with van der Waals surface area (Å²) in [6.07, 6.45) is 3.54. The van der Waals surface area contributed by atoms with Crippen molar-refractivity contribution >= 4 is 40.5 Å². The number of carbonyl (C=O) groups excluding carboxylic acids is 1. The fourth-order valence-electron chi connectivity index (χ4n) is 1.86. The molecule has 0 fully saturated rings. The molecule has 4 nitrogen and oxygen atoms in total. The van der Waals surface area contributed by atoms with Gasteiger partial charge in [0.15, 0.2) is 0 Å². The normalized spacial score (nSPS) is 10.3. The Kier molecular flexibility index (Phi) is 6.04. The van der Waals surface area contributed by atoms with Crippen molar-refractivity contribution in [1.29, 1.82) is 0 Å². The van der Waals surface area contributed by atoms with E-state index in [4.69, 9.17) is 23.2 Å². The van der Waals surface area contributed by atoms with E-state index in [9.17, 15) is 4.79 Å². The molecule has 116 valence electrons. The number of hydrogen-bond donors (Lipinski definition) is 2. The lowest BCUT2D eigenvalue weighted by atomic mass is 10.2. The van der Waals surface area contributed by atoms with Crippen LogP contribution in [0, 0.1) is 0 Å². The maximum atomic E-state index is 12.0. The molecular weight excluding hydrogens is 321 g/mol. The van der Waals surface area contributed by atoms with Crippen molar-refractivity contribution in [2.45, 2.75) is 19.8 Å². The minimum absolute atomic E-state index is 0.192. The Bertz CT molecular complexity index is 641. The Morgan fingerprint density at radius 2 is 1.95 bits per heavy atom. The zero-order chi connectivity index (χ0) is 15.9. The van der Waals surface area contributed by atoms with E-state index in [-0.39, 0.29) is 5.91 Å². The number of para-hydroxylation sites is 1. The minimum atomic E-state index is -0.192. The highest BCUT2D eigenvalue weighted by Gasteiger charge is 2.09. The van der Waals surface area contributed by atoms with Gasteiger partial charge in [0.1, 0.15) is 5.69 Å². The number of carbonyl (C=O) groups is 1. The quantitative estimate of drug-likeness (QED) is 0.753. The number of nitrogens with one attached hydrogen (secondary N) is 2. The highest BCUT2D eigenvalue weighted by molar-refractivity contribution is 6.39. The van der Waals surface area contributed by atoms with Crippen LogP contribution in [0.4, 0.5) is 11.4 Å². The van der Waals surface area contributed by atoms with Crippen molar-refractivity contribution < 1.29 is 4.79 Å². The first-order valence-corrected chi connectivity index (χ1v) is 7.82. The van der Waals surface area contributed by atoms with E-state index in [2.05, 4.69) is 22.5 Å². The minimum Gasteiger partial charge on any atom is -0.353 e. The van der Waals surface area contributed by atoms with Gasteiger partial charge >= 0.3 is 0 Å². The van der Waals surface area contributed by atoms with Crippen LogP contribution in [0.15, 0.2) is 36.5 Å². The Hall–Kier alpha value is -1.78. The van der Waals surface area contributed by atoms with E-state index in [0.717, 1.165) is 12.8 Å². The van der Waals surface area contributed by atoms with E-state index < -0.39 is 0 Å². The van der Waals surface area contributed by atoms with E-state index in [0.29, 0.717) is 33.7 Å². The Labute approximate surface area is 139 Å². The molecule has 0 radical (unpaired) electrons. The molecule has 0 atom stereocenters. The highest BCUT2D eigenvalue weighted by atomic mass is 35.5. The number of amides is 1. The molecule has 0 bridgehead atoms. The second kappa shape index (κ2) is 8.01. The topological polar surface area (TPSA) is 54.0 Å². The smallest absolute Gasteiger partial charge is 0.269 e. The zero-order valence-corrected chi connectivity index (χ0v) is 13.7. The second-order valence-corrected chi connectivity index (χ2v) is 5.58. The lowest BCUT2D eigenvalue weighted by Crippen LogP contribution is -2.25. The monoisotopic (exact) mass is 337 g/mol. The number of rotatable bonds is 6. The Balaban J connectivity index is 2.13. The Morgan fingerprint density at radius 3 is 2.64 bits per heavy atom. The third-order valence-electron chi connectivity index (χ3n) is 3.04. The lowest BCUT2D eigenvalue weighted by Gasteiger charge is -2.11. The van der Waals surface area contributed by atoms with Gasteiger partial charge in [-0.05, 0) is 30.7 Å². The largest absolute Gasteiger partial charge is 0.353 e. The van der Waals surface area contributed by atoms with Gasteiger partial charge in [0, 0.05) is 18.4 Å². The molecule has 22 heavy (non-hydrogen) atoms. The van der Waals surface area contributed by atoms with Gasteiger partial charge in [0.25, 0.3) is 5.91 Å². The van der Waals surface area contributed by atoms with Crippen LogP contribution in [0.25, 0.3) is 0 Å². The van der Waals surface area contributed by atoms with Gasteiger partial charge in [-0.3, -0.25) is 9.78 Å². The van der Waals surface area contributed by atoms with Crippen molar-refractivity contribution in [2.24, 2.45) is 0 Å². The fourth-order valence-corrected chi connectivity index (χ4v) is 2.36. The standard InChI is InChI=1S/C16H17Cl2N3O/c1-2-3-8-20-16(22)14-10-11(7-9-19-14)21-15-12(17)5-4-6-13(15)18/h4-7,9-10H,2-3,8H2,1H3,(H,19,21)(H,20,22). The summed E-state index contributed by atoms with van der Waals surface area (Å²) in [7, 11) is 0.